The number of hydrogen-bond acceptors (Lipinski definition) is 2. The summed E-state index contributed by atoms with van der Waals surface area (Å²) in [6.07, 6.45) is 6.07. The van der Waals surface area contributed by atoms with E-state index in [4.69, 9.17) is 17.3 Å². The molecule has 1 atom stereocenters. The van der Waals surface area contributed by atoms with Crippen LogP contribution < -0.4 is 5.73 Å². The van der Waals surface area contributed by atoms with Gasteiger partial charge >= 0.3 is 0 Å². The summed E-state index contributed by atoms with van der Waals surface area (Å²) in [6.45, 7) is 6.61. The number of hydrogen-bond donors (Lipinski definition) is 1. The van der Waals surface area contributed by atoms with E-state index in [0.29, 0.717) is 22.3 Å². The summed E-state index contributed by atoms with van der Waals surface area (Å²) in [5, 5.41) is 5.10. The van der Waals surface area contributed by atoms with Gasteiger partial charge in [0.25, 0.3) is 0 Å². The van der Waals surface area contributed by atoms with E-state index >= 15 is 0 Å². The van der Waals surface area contributed by atoms with E-state index in [2.05, 4.69) is 18.9 Å². The molecule has 1 aromatic heterocycles. The fourth-order valence-corrected chi connectivity index (χ4v) is 2.84. The zero-order valence-electron chi connectivity index (χ0n) is 11.0. The Morgan fingerprint density at radius 2 is 2.06 bits per heavy atom. The second-order valence-corrected chi connectivity index (χ2v) is 6.36. The molecule has 17 heavy (non-hydrogen) atoms. The molecule has 3 nitrogen and oxygen atoms in total. The molecule has 0 bridgehead atoms. The fraction of sp³-hybridized carbons (Fsp3) is 0.769. The topological polar surface area (TPSA) is 43.8 Å². The highest BCUT2D eigenvalue weighted by molar-refractivity contribution is 6.33. The van der Waals surface area contributed by atoms with Crippen molar-refractivity contribution in [2.45, 2.75) is 58.9 Å². The molecule has 2 rings (SSSR count). The van der Waals surface area contributed by atoms with Crippen LogP contribution in [0.1, 0.15) is 57.7 Å². The normalized spacial score (nSPS) is 24.6. The highest BCUT2D eigenvalue weighted by Gasteiger charge is 2.27. The molecule has 1 fully saturated rings. The van der Waals surface area contributed by atoms with Gasteiger partial charge in [-0.3, -0.25) is 0 Å². The fourth-order valence-electron chi connectivity index (χ4n) is 2.71. The van der Waals surface area contributed by atoms with Crippen molar-refractivity contribution in [2.75, 3.05) is 5.73 Å². The van der Waals surface area contributed by atoms with E-state index in [1.807, 2.05) is 11.6 Å². The number of halogens is 1. The molecule has 0 spiro atoms. The summed E-state index contributed by atoms with van der Waals surface area (Å²) in [4.78, 5) is 0. The number of aryl methyl sites for hydroxylation is 1. The standard InChI is InChI=1S/C13H22ClN3/c1-9-11(14)12(15)17(16-9)10-5-4-7-13(2,3)8-6-10/h10H,4-8,15H2,1-3H3. The van der Waals surface area contributed by atoms with Crippen LogP contribution >= 0.6 is 11.6 Å². The van der Waals surface area contributed by atoms with Gasteiger partial charge in [-0.2, -0.15) is 5.10 Å². The first-order valence-electron chi connectivity index (χ1n) is 6.41. The SMILES string of the molecule is Cc1nn(C2CCCC(C)(C)CC2)c(N)c1Cl. The molecule has 1 aliphatic rings. The lowest BCUT2D eigenvalue weighted by atomic mass is 9.85. The summed E-state index contributed by atoms with van der Waals surface area (Å²) in [5.74, 6) is 0.633. The molecule has 96 valence electrons. The molecule has 1 unspecified atom stereocenters. The number of nitrogen functional groups attached to an aromatic ring is 1. The lowest BCUT2D eigenvalue weighted by molar-refractivity contribution is 0.305. The number of anilines is 1. The van der Waals surface area contributed by atoms with Crippen LogP contribution in [-0.2, 0) is 0 Å². The second-order valence-electron chi connectivity index (χ2n) is 5.98. The van der Waals surface area contributed by atoms with E-state index in [-0.39, 0.29) is 0 Å². The van der Waals surface area contributed by atoms with Gasteiger partial charge in [-0.15, -0.1) is 0 Å². The average Bonchev–Trinajstić information content (AvgIpc) is 2.44. The molecule has 0 aromatic carbocycles. The molecule has 0 aliphatic heterocycles. The van der Waals surface area contributed by atoms with E-state index in [1.54, 1.807) is 0 Å². The van der Waals surface area contributed by atoms with Crippen LogP contribution in [-0.4, -0.2) is 9.78 Å². The highest BCUT2D eigenvalue weighted by atomic mass is 35.5. The average molecular weight is 256 g/mol. The van der Waals surface area contributed by atoms with Crippen molar-refractivity contribution in [3.05, 3.63) is 10.7 Å². The van der Waals surface area contributed by atoms with E-state index in [1.165, 1.54) is 19.3 Å². The summed E-state index contributed by atoms with van der Waals surface area (Å²) < 4.78 is 1.94. The van der Waals surface area contributed by atoms with Gasteiger partial charge in [0.2, 0.25) is 0 Å². The van der Waals surface area contributed by atoms with Gasteiger partial charge < -0.3 is 5.73 Å². The van der Waals surface area contributed by atoms with Gasteiger partial charge in [0.05, 0.1) is 11.7 Å². The maximum Gasteiger partial charge on any atom is 0.141 e. The minimum absolute atomic E-state index is 0.419. The summed E-state index contributed by atoms with van der Waals surface area (Å²) >= 11 is 6.11. The first kappa shape index (κ1) is 12.7. The van der Waals surface area contributed by atoms with Crippen LogP contribution in [0.2, 0.25) is 5.02 Å². The third-order valence-electron chi connectivity index (χ3n) is 3.94. The van der Waals surface area contributed by atoms with E-state index in [9.17, 15) is 0 Å². The number of nitrogens with two attached hydrogens (primary N) is 1. The molecular weight excluding hydrogens is 234 g/mol. The van der Waals surface area contributed by atoms with Crippen LogP contribution in [0.4, 0.5) is 5.82 Å². The molecule has 1 saturated carbocycles. The van der Waals surface area contributed by atoms with Crippen molar-refractivity contribution in [2.24, 2.45) is 5.41 Å². The van der Waals surface area contributed by atoms with Crippen molar-refractivity contribution in [3.8, 4) is 0 Å². The van der Waals surface area contributed by atoms with Gasteiger partial charge in [-0.1, -0.05) is 31.9 Å². The van der Waals surface area contributed by atoms with Crippen LogP contribution in [0.25, 0.3) is 0 Å². The smallest absolute Gasteiger partial charge is 0.141 e. The van der Waals surface area contributed by atoms with Crippen molar-refractivity contribution < 1.29 is 0 Å². The molecular formula is C13H22ClN3. The molecule has 1 aliphatic carbocycles. The third-order valence-corrected chi connectivity index (χ3v) is 4.41. The van der Waals surface area contributed by atoms with Gasteiger partial charge in [0.1, 0.15) is 10.8 Å². The maximum atomic E-state index is 6.11. The van der Waals surface area contributed by atoms with Gasteiger partial charge in [0.15, 0.2) is 0 Å². The van der Waals surface area contributed by atoms with E-state index in [0.717, 1.165) is 18.5 Å². The molecule has 2 N–H and O–H groups in total. The number of rotatable bonds is 1. The Bertz CT molecular complexity index is 409. The van der Waals surface area contributed by atoms with Crippen molar-refractivity contribution in [1.29, 1.82) is 0 Å². The molecule has 0 radical (unpaired) electrons. The maximum absolute atomic E-state index is 6.11. The predicted molar refractivity (Wildman–Crippen MR) is 72.3 cm³/mol. The van der Waals surface area contributed by atoms with Crippen LogP contribution in [0.3, 0.4) is 0 Å². The van der Waals surface area contributed by atoms with Crippen LogP contribution in [0.5, 0.6) is 0 Å². The van der Waals surface area contributed by atoms with Crippen molar-refractivity contribution >= 4 is 17.4 Å². The molecule has 4 heteroatoms. The van der Waals surface area contributed by atoms with E-state index < -0.39 is 0 Å². The summed E-state index contributed by atoms with van der Waals surface area (Å²) in [6, 6.07) is 0.419. The Balaban J connectivity index is 2.20. The molecule has 0 saturated heterocycles. The Labute approximate surface area is 108 Å². The molecule has 0 amide bonds. The van der Waals surface area contributed by atoms with Crippen molar-refractivity contribution in [1.82, 2.24) is 9.78 Å². The molecule has 1 heterocycles. The number of aromatic nitrogens is 2. The Morgan fingerprint density at radius 3 is 2.65 bits per heavy atom. The number of nitrogens with zero attached hydrogens (tertiary/aromatic N) is 2. The zero-order chi connectivity index (χ0) is 12.6. The van der Waals surface area contributed by atoms with Crippen LogP contribution in [0, 0.1) is 12.3 Å². The Kier molecular flexibility index (Phi) is 3.39. The summed E-state index contributed by atoms with van der Waals surface area (Å²) in [5.41, 5.74) is 7.32. The minimum Gasteiger partial charge on any atom is -0.383 e. The Hall–Kier alpha value is -0.700. The largest absolute Gasteiger partial charge is 0.383 e. The quantitative estimate of drug-likeness (QED) is 0.772. The lowest BCUT2D eigenvalue weighted by Gasteiger charge is -2.22. The highest BCUT2D eigenvalue weighted by Crippen LogP contribution is 2.39. The van der Waals surface area contributed by atoms with Crippen molar-refractivity contribution in [3.63, 3.8) is 0 Å². The van der Waals surface area contributed by atoms with Gasteiger partial charge in [0, 0.05) is 0 Å². The van der Waals surface area contributed by atoms with Gasteiger partial charge in [-0.25, -0.2) is 4.68 Å². The Morgan fingerprint density at radius 1 is 1.35 bits per heavy atom. The summed E-state index contributed by atoms with van der Waals surface area (Å²) in [7, 11) is 0. The van der Waals surface area contributed by atoms with Gasteiger partial charge in [-0.05, 0) is 38.0 Å². The predicted octanol–water partition coefficient (Wildman–Crippen LogP) is 3.96. The zero-order valence-corrected chi connectivity index (χ0v) is 11.7. The first-order chi connectivity index (χ1) is 7.91. The minimum atomic E-state index is 0.419. The van der Waals surface area contributed by atoms with Crippen LogP contribution in [0.15, 0.2) is 0 Å². The lowest BCUT2D eigenvalue weighted by Crippen LogP contribution is -2.14. The molecule has 1 aromatic rings. The third kappa shape index (κ3) is 2.59. The monoisotopic (exact) mass is 255 g/mol. The first-order valence-corrected chi connectivity index (χ1v) is 6.78. The second kappa shape index (κ2) is 4.52.